The molecule has 0 spiro atoms. The second-order valence-corrected chi connectivity index (χ2v) is 5.47. The lowest BCUT2D eigenvalue weighted by atomic mass is 9.98. The van der Waals surface area contributed by atoms with Crippen molar-refractivity contribution in [2.45, 2.75) is 12.5 Å². The number of hydrogen-bond donors (Lipinski definition) is 1. The maximum absolute atomic E-state index is 12.4. The molecular weight excluding hydrogens is 324 g/mol. The predicted octanol–water partition coefficient (Wildman–Crippen LogP) is 1.83. The fourth-order valence-electron chi connectivity index (χ4n) is 2.47. The molecule has 25 heavy (non-hydrogen) atoms. The van der Waals surface area contributed by atoms with Gasteiger partial charge in [-0.1, -0.05) is 18.2 Å². The van der Waals surface area contributed by atoms with Gasteiger partial charge in [-0.15, -0.1) is 0 Å². The molecular formula is C18H18N2O5. The Morgan fingerprint density at radius 2 is 2.12 bits per heavy atom. The molecule has 7 nitrogen and oxygen atoms in total. The summed E-state index contributed by atoms with van der Waals surface area (Å²) in [7, 11) is 1.59. The van der Waals surface area contributed by atoms with E-state index in [1.807, 2.05) is 12.1 Å². The summed E-state index contributed by atoms with van der Waals surface area (Å²) in [6.45, 7) is 0.862. The summed E-state index contributed by atoms with van der Waals surface area (Å²) >= 11 is 0. The molecule has 0 saturated carbocycles. The first-order valence-electron chi connectivity index (χ1n) is 7.85. The average Bonchev–Trinajstić information content (AvgIpc) is 2.63. The van der Waals surface area contributed by atoms with Gasteiger partial charge in [0.2, 0.25) is 5.88 Å². The van der Waals surface area contributed by atoms with Gasteiger partial charge in [0.05, 0.1) is 24.1 Å². The minimum Gasteiger partial charge on any atom is -0.475 e. The number of nitrogens with one attached hydrogen (secondary N) is 1. The molecule has 130 valence electrons. The van der Waals surface area contributed by atoms with E-state index in [1.54, 1.807) is 31.4 Å². The van der Waals surface area contributed by atoms with Crippen molar-refractivity contribution >= 4 is 17.6 Å². The van der Waals surface area contributed by atoms with E-state index in [4.69, 9.17) is 14.2 Å². The Kier molecular flexibility index (Phi) is 5.25. The zero-order valence-corrected chi connectivity index (χ0v) is 13.7. The van der Waals surface area contributed by atoms with Gasteiger partial charge in [0.15, 0.2) is 6.10 Å². The molecule has 3 rings (SSSR count). The molecule has 0 saturated heterocycles. The molecule has 0 fully saturated rings. The molecule has 7 heteroatoms. The van der Waals surface area contributed by atoms with Gasteiger partial charge in [-0.25, -0.2) is 9.78 Å². The number of cyclic esters (lactones) is 1. The number of pyridine rings is 1. The monoisotopic (exact) mass is 342 g/mol. The van der Waals surface area contributed by atoms with Gasteiger partial charge in [0.1, 0.15) is 6.61 Å². The van der Waals surface area contributed by atoms with Crippen LogP contribution in [0, 0.1) is 0 Å². The molecule has 0 bridgehead atoms. The number of benzene rings is 1. The number of carbonyl (C=O) groups excluding carboxylic acids is 2. The fourth-order valence-corrected chi connectivity index (χ4v) is 2.47. The lowest BCUT2D eigenvalue weighted by molar-refractivity contribution is -0.125. The average molecular weight is 342 g/mol. The smallest absolute Gasteiger partial charge is 0.339 e. The normalized spacial score (nSPS) is 15.9. The van der Waals surface area contributed by atoms with Crippen LogP contribution in [0.3, 0.4) is 0 Å². The predicted molar refractivity (Wildman–Crippen MR) is 89.6 cm³/mol. The van der Waals surface area contributed by atoms with Crippen LogP contribution in [-0.4, -0.2) is 43.3 Å². The molecule has 0 unspecified atom stereocenters. The number of hydrogen-bond acceptors (Lipinski definition) is 6. The van der Waals surface area contributed by atoms with Crippen LogP contribution < -0.4 is 10.1 Å². The third-order valence-electron chi connectivity index (χ3n) is 3.73. The van der Waals surface area contributed by atoms with E-state index in [1.165, 1.54) is 6.20 Å². The highest BCUT2D eigenvalue weighted by molar-refractivity contribution is 5.99. The van der Waals surface area contributed by atoms with E-state index < -0.39 is 18.0 Å². The highest BCUT2D eigenvalue weighted by Crippen LogP contribution is 2.21. The van der Waals surface area contributed by atoms with Crippen molar-refractivity contribution in [3.63, 3.8) is 0 Å². The van der Waals surface area contributed by atoms with Crippen LogP contribution in [-0.2, 0) is 20.7 Å². The van der Waals surface area contributed by atoms with Crippen molar-refractivity contribution in [2.24, 2.45) is 0 Å². The van der Waals surface area contributed by atoms with E-state index in [9.17, 15) is 9.59 Å². The first kappa shape index (κ1) is 16.9. The minimum absolute atomic E-state index is 0.347. The van der Waals surface area contributed by atoms with Crippen molar-refractivity contribution in [3.8, 4) is 5.88 Å². The highest BCUT2D eigenvalue weighted by Gasteiger charge is 2.31. The van der Waals surface area contributed by atoms with E-state index in [0.29, 0.717) is 36.8 Å². The number of carbonyl (C=O) groups is 2. The van der Waals surface area contributed by atoms with Crippen LogP contribution in [0.15, 0.2) is 42.6 Å². The van der Waals surface area contributed by atoms with Gasteiger partial charge in [0, 0.05) is 19.6 Å². The Morgan fingerprint density at radius 1 is 1.28 bits per heavy atom. The zero-order chi connectivity index (χ0) is 17.6. The van der Waals surface area contributed by atoms with Crippen molar-refractivity contribution in [2.75, 3.05) is 25.6 Å². The number of esters is 1. The number of methoxy groups -OCH3 is 1. The standard InChI is InChI=1S/C18H18N2O5/c1-23-8-9-24-16-7-6-13(11-19-16)20-17(21)15-10-12-4-2-3-5-14(12)18(22)25-15/h2-7,11,15H,8-10H2,1H3,(H,20,21)/t15-/m1/s1. The van der Waals surface area contributed by atoms with Crippen molar-refractivity contribution in [1.29, 1.82) is 0 Å². The summed E-state index contributed by atoms with van der Waals surface area (Å²) < 4.78 is 15.5. The van der Waals surface area contributed by atoms with Crippen LogP contribution in [0.1, 0.15) is 15.9 Å². The molecule has 0 aliphatic carbocycles. The molecule has 1 aliphatic heterocycles. The van der Waals surface area contributed by atoms with E-state index >= 15 is 0 Å². The molecule has 1 aromatic heterocycles. The summed E-state index contributed by atoms with van der Waals surface area (Å²) in [6, 6.07) is 10.4. The quantitative estimate of drug-likeness (QED) is 0.637. The Labute approximate surface area is 144 Å². The summed E-state index contributed by atoms with van der Waals surface area (Å²) in [4.78, 5) is 28.4. The molecule has 1 N–H and O–H groups in total. The second kappa shape index (κ2) is 7.76. The second-order valence-electron chi connectivity index (χ2n) is 5.47. The molecule has 2 heterocycles. The molecule has 0 radical (unpaired) electrons. The largest absolute Gasteiger partial charge is 0.475 e. The Morgan fingerprint density at radius 3 is 2.88 bits per heavy atom. The minimum atomic E-state index is -0.861. The molecule has 1 amide bonds. The SMILES string of the molecule is COCCOc1ccc(NC(=O)[C@H]2Cc3ccccc3C(=O)O2)cn1. The van der Waals surface area contributed by atoms with Gasteiger partial charge in [-0.05, 0) is 17.7 Å². The lowest BCUT2D eigenvalue weighted by Gasteiger charge is -2.23. The van der Waals surface area contributed by atoms with E-state index in [0.717, 1.165) is 5.56 Å². The topological polar surface area (TPSA) is 86.8 Å². The third kappa shape index (κ3) is 4.13. The van der Waals surface area contributed by atoms with Crippen LogP contribution in [0.5, 0.6) is 5.88 Å². The first-order valence-corrected chi connectivity index (χ1v) is 7.85. The van der Waals surface area contributed by atoms with Crippen molar-refractivity contribution in [1.82, 2.24) is 4.98 Å². The van der Waals surface area contributed by atoms with E-state index in [2.05, 4.69) is 10.3 Å². The summed E-state index contributed by atoms with van der Waals surface area (Å²) in [5.74, 6) is -0.437. The number of nitrogens with zero attached hydrogens (tertiary/aromatic N) is 1. The van der Waals surface area contributed by atoms with Gasteiger partial charge < -0.3 is 19.5 Å². The number of fused-ring (bicyclic) bond motifs is 1. The summed E-state index contributed by atoms with van der Waals surface area (Å²) in [5, 5.41) is 2.70. The van der Waals surface area contributed by atoms with Crippen LogP contribution >= 0.6 is 0 Å². The number of anilines is 1. The molecule has 1 aliphatic rings. The highest BCUT2D eigenvalue weighted by atomic mass is 16.5. The van der Waals surface area contributed by atoms with Crippen LogP contribution in [0.25, 0.3) is 0 Å². The van der Waals surface area contributed by atoms with Gasteiger partial charge in [-0.3, -0.25) is 4.79 Å². The number of aromatic nitrogens is 1. The van der Waals surface area contributed by atoms with E-state index in [-0.39, 0.29) is 0 Å². The van der Waals surface area contributed by atoms with Crippen molar-refractivity contribution < 1.29 is 23.8 Å². The Hall–Kier alpha value is -2.93. The van der Waals surface area contributed by atoms with Crippen molar-refractivity contribution in [3.05, 3.63) is 53.7 Å². The first-order chi connectivity index (χ1) is 12.2. The number of rotatable bonds is 6. The molecule has 1 aromatic carbocycles. The van der Waals surface area contributed by atoms with Gasteiger partial charge in [0.25, 0.3) is 5.91 Å². The number of amides is 1. The number of ether oxygens (including phenoxy) is 3. The lowest BCUT2D eigenvalue weighted by Crippen LogP contribution is -2.37. The molecule has 2 aromatic rings. The van der Waals surface area contributed by atoms with Crippen LogP contribution in [0.4, 0.5) is 5.69 Å². The van der Waals surface area contributed by atoms with Gasteiger partial charge in [-0.2, -0.15) is 0 Å². The molecule has 1 atom stereocenters. The van der Waals surface area contributed by atoms with Crippen LogP contribution in [0.2, 0.25) is 0 Å². The summed E-state index contributed by atoms with van der Waals surface area (Å²) in [5.41, 5.74) is 1.81. The summed E-state index contributed by atoms with van der Waals surface area (Å²) in [6.07, 6.45) is 0.970. The third-order valence-corrected chi connectivity index (χ3v) is 3.73. The Balaban J connectivity index is 1.60. The fraction of sp³-hybridized carbons (Fsp3) is 0.278. The van der Waals surface area contributed by atoms with Gasteiger partial charge >= 0.3 is 5.97 Å². The maximum atomic E-state index is 12.4. The zero-order valence-electron chi connectivity index (χ0n) is 13.7. The Bertz CT molecular complexity index is 760. The maximum Gasteiger partial charge on any atom is 0.339 e.